The first kappa shape index (κ1) is 18.0. The SMILES string of the molecule is CC(C)(C)OC(=O)N1CCC(N2Cc3cc4c(Cl)ncnc4n3CC2=O)C1. The minimum atomic E-state index is -0.530. The van der Waals surface area contributed by atoms with Crippen molar-refractivity contribution in [1.29, 1.82) is 0 Å². The third-order valence-corrected chi connectivity index (χ3v) is 5.23. The van der Waals surface area contributed by atoms with Crippen molar-refractivity contribution < 1.29 is 14.3 Å². The maximum Gasteiger partial charge on any atom is 0.410 e. The zero-order chi connectivity index (χ0) is 19.3. The van der Waals surface area contributed by atoms with Crippen molar-refractivity contribution >= 4 is 34.6 Å². The molecule has 2 aliphatic rings. The molecule has 27 heavy (non-hydrogen) atoms. The van der Waals surface area contributed by atoms with Gasteiger partial charge >= 0.3 is 6.09 Å². The number of hydrogen-bond acceptors (Lipinski definition) is 5. The molecule has 1 fully saturated rings. The topological polar surface area (TPSA) is 80.6 Å². The molecule has 2 amide bonds. The predicted molar refractivity (Wildman–Crippen MR) is 99.3 cm³/mol. The molecule has 4 heterocycles. The largest absolute Gasteiger partial charge is 0.444 e. The lowest BCUT2D eigenvalue weighted by molar-refractivity contribution is -0.136. The third kappa shape index (κ3) is 3.34. The number of ether oxygens (including phenoxy) is 1. The van der Waals surface area contributed by atoms with Crippen LogP contribution in [0.3, 0.4) is 0 Å². The van der Waals surface area contributed by atoms with E-state index in [9.17, 15) is 9.59 Å². The van der Waals surface area contributed by atoms with Crippen molar-refractivity contribution in [2.24, 2.45) is 0 Å². The van der Waals surface area contributed by atoms with Gasteiger partial charge in [0.25, 0.3) is 0 Å². The first-order valence-corrected chi connectivity index (χ1v) is 9.37. The van der Waals surface area contributed by atoms with Gasteiger partial charge in [-0.15, -0.1) is 0 Å². The summed E-state index contributed by atoms with van der Waals surface area (Å²) in [6, 6.07) is 1.93. The lowest BCUT2D eigenvalue weighted by Gasteiger charge is -2.33. The number of halogens is 1. The van der Waals surface area contributed by atoms with Crippen molar-refractivity contribution in [2.45, 2.75) is 51.9 Å². The van der Waals surface area contributed by atoms with Gasteiger partial charge in [0, 0.05) is 18.8 Å². The van der Waals surface area contributed by atoms with Crippen molar-refractivity contribution in [3.8, 4) is 0 Å². The maximum atomic E-state index is 12.8. The second kappa shape index (κ2) is 6.37. The van der Waals surface area contributed by atoms with Gasteiger partial charge in [-0.25, -0.2) is 14.8 Å². The van der Waals surface area contributed by atoms with Crippen molar-refractivity contribution in [1.82, 2.24) is 24.3 Å². The molecule has 0 aliphatic carbocycles. The lowest BCUT2D eigenvalue weighted by atomic mass is 10.1. The predicted octanol–water partition coefficient (Wildman–Crippen LogP) is 2.44. The van der Waals surface area contributed by atoms with Crippen LogP contribution in [0.5, 0.6) is 0 Å². The highest BCUT2D eigenvalue weighted by molar-refractivity contribution is 6.34. The Hall–Kier alpha value is -2.35. The third-order valence-electron chi connectivity index (χ3n) is 4.93. The first-order chi connectivity index (χ1) is 12.7. The highest BCUT2D eigenvalue weighted by atomic mass is 35.5. The molecule has 0 saturated carbocycles. The second-order valence-corrected chi connectivity index (χ2v) is 8.37. The molecule has 9 heteroatoms. The maximum absolute atomic E-state index is 12.8. The van der Waals surface area contributed by atoms with Crippen LogP contribution in [0.4, 0.5) is 4.79 Å². The van der Waals surface area contributed by atoms with Gasteiger partial charge in [0.05, 0.1) is 18.0 Å². The van der Waals surface area contributed by atoms with Crippen molar-refractivity contribution in [3.63, 3.8) is 0 Å². The van der Waals surface area contributed by atoms with Crippen LogP contribution in [-0.4, -0.2) is 61.1 Å². The standard InChI is InChI=1S/C18H22ClN5O3/c1-18(2,3)27-17(26)22-5-4-11(7-22)23-8-12-6-13-15(19)20-10-21-16(13)24(12)9-14(23)25/h6,10-11H,4-5,7-9H2,1-3H3. The molecular formula is C18H22ClN5O3. The minimum absolute atomic E-state index is 0.0154. The molecule has 0 radical (unpaired) electrons. The van der Waals surface area contributed by atoms with Gasteiger partial charge in [-0.05, 0) is 33.3 Å². The van der Waals surface area contributed by atoms with Crippen LogP contribution in [0.1, 0.15) is 32.9 Å². The highest BCUT2D eigenvalue weighted by Crippen LogP contribution is 2.29. The van der Waals surface area contributed by atoms with E-state index >= 15 is 0 Å². The summed E-state index contributed by atoms with van der Waals surface area (Å²) in [4.78, 5) is 36.9. The van der Waals surface area contributed by atoms with Crippen LogP contribution in [0.25, 0.3) is 11.0 Å². The number of likely N-dealkylation sites (tertiary alicyclic amines) is 1. The molecular weight excluding hydrogens is 370 g/mol. The molecule has 1 atom stereocenters. The van der Waals surface area contributed by atoms with E-state index in [1.54, 1.807) is 4.90 Å². The number of hydrogen-bond donors (Lipinski definition) is 0. The molecule has 2 aromatic heterocycles. The van der Waals surface area contributed by atoms with E-state index in [1.807, 2.05) is 36.3 Å². The Balaban J connectivity index is 1.52. The zero-order valence-corrected chi connectivity index (χ0v) is 16.4. The number of fused-ring (bicyclic) bond motifs is 3. The van der Waals surface area contributed by atoms with Gasteiger partial charge in [-0.1, -0.05) is 11.6 Å². The van der Waals surface area contributed by atoms with E-state index in [-0.39, 0.29) is 24.6 Å². The summed E-state index contributed by atoms with van der Waals surface area (Å²) < 4.78 is 7.33. The molecule has 144 valence electrons. The Morgan fingerprint density at radius 2 is 2.07 bits per heavy atom. The Bertz CT molecular complexity index is 920. The smallest absolute Gasteiger partial charge is 0.410 e. The molecule has 0 spiro atoms. The number of rotatable bonds is 1. The fourth-order valence-corrected chi connectivity index (χ4v) is 3.89. The fraction of sp³-hybridized carbons (Fsp3) is 0.556. The van der Waals surface area contributed by atoms with Gasteiger partial charge < -0.3 is 19.1 Å². The number of aromatic nitrogens is 3. The average Bonchev–Trinajstić information content (AvgIpc) is 3.18. The number of carbonyl (C=O) groups is 2. The second-order valence-electron chi connectivity index (χ2n) is 8.01. The Kier molecular flexibility index (Phi) is 4.25. The normalized spacial score (nSPS) is 20.3. The summed E-state index contributed by atoms with van der Waals surface area (Å²) in [7, 11) is 0. The van der Waals surface area contributed by atoms with E-state index < -0.39 is 5.60 Å². The van der Waals surface area contributed by atoms with Crippen LogP contribution < -0.4 is 0 Å². The molecule has 4 rings (SSSR count). The molecule has 2 aromatic rings. The summed E-state index contributed by atoms with van der Waals surface area (Å²) in [6.07, 6.45) is 1.82. The Morgan fingerprint density at radius 3 is 2.81 bits per heavy atom. The van der Waals surface area contributed by atoms with Crippen LogP contribution in [0, 0.1) is 0 Å². The Morgan fingerprint density at radius 1 is 1.30 bits per heavy atom. The molecule has 2 aliphatic heterocycles. The summed E-state index contributed by atoms with van der Waals surface area (Å²) in [5.41, 5.74) is 1.12. The van der Waals surface area contributed by atoms with Crippen molar-refractivity contribution in [3.05, 3.63) is 23.2 Å². The first-order valence-electron chi connectivity index (χ1n) is 8.99. The summed E-state index contributed by atoms with van der Waals surface area (Å²) in [5, 5.41) is 1.14. The molecule has 0 N–H and O–H groups in total. The summed E-state index contributed by atoms with van der Waals surface area (Å²) in [6.45, 7) is 7.30. The van der Waals surface area contributed by atoms with Crippen LogP contribution in [0.15, 0.2) is 12.4 Å². The molecule has 1 unspecified atom stereocenters. The van der Waals surface area contributed by atoms with Crippen molar-refractivity contribution in [2.75, 3.05) is 13.1 Å². The van der Waals surface area contributed by atoms with Crippen LogP contribution >= 0.6 is 11.6 Å². The van der Waals surface area contributed by atoms with Gasteiger partial charge in [-0.2, -0.15) is 0 Å². The zero-order valence-electron chi connectivity index (χ0n) is 15.6. The molecule has 8 nitrogen and oxygen atoms in total. The van der Waals surface area contributed by atoms with Crippen LogP contribution in [0.2, 0.25) is 5.15 Å². The quantitative estimate of drug-likeness (QED) is 0.697. The van der Waals surface area contributed by atoms with Crippen LogP contribution in [-0.2, 0) is 22.6 Å². The average molecular weight is 392 g/mol. The minimum Gasteiger partial charge on any atom is -0.444 e. The fourth-order valence-electron chi connectivity index (χ4n) is 3.70. The van der Waals surface area contributed by atoms with E-state index in [1.165, 1.54) is 6.33 Å². The Labute approximate surface area is 162 Å². The number of amides is 2. The highest BCUT2D eigenvalue weighted by Gasteiger charge is 2.37. The van der Waals surface area contributed by atoms with E-state index in [0.717, 1.165) is 17.5 Å². The molecule has 1 saturated heterocycles. The van der Waals surface area contributed by atoms with E-state index in [4.69, 9.17) is 16.3 Å². The summed E-state index contributed by atoms with van der Waals surface area (Å²) >= 11 is 6.16. The lowest BCUT2D eigenvalue weighted by Crippen LogP contribution is -2.47. The van der Waals surface area contributed by atoms with E-state index in [0.29, 0.717) is 30.4 Å². The monoisotopic (exact) mass is 391 g/mol. The molecule has 0 aromatic carbocycles. The molecule has 0 bridgehead atoms. The van der Waals surface area contributed by atoms with Gasteiger partial charge in [0.15, 0.2) is 0 Å². The van der Waals surface area contributed by atoms with E-state index in [2.05, 4.69) is 9.97 Å². The van der Waals surface area contributed by atoms with Gasteiger partial charge in [-0.3, -0.25) is 4.79 Å². The number of carbonyl (C=O) groups excluding carboxylic acids is 2. The van der Waals surface area contributed by atoms with Gasteiger partial charge in [0.1, 0.15) is 29.3 Å². The summed E-state index contributed by atoms with van der Waals surface area (Å²) in [5.74, 6) is 0.0192. The number of nitrogens with zero attached hydrogens (tertiary/aromatic N) is 5. The van der Waals surface area contributed by atoms with Gasteiger partial charge in [0.2, 0.25) is 5.91 Å².